The maximum Gasteiger partial charge on any atom is 0.291 e. The summed E-state index contributed by atoms with van der Waals surface area (Å²) in [4.78, 5) is 3.87. The first kappa shape index (κ1) is 14.3. The minimum absolute atomic E-state index is 0.00178. The largest absolute Gasteiger partial charge is 0.407 e. The monoisotopic (exact) mass is 279 g/mol. The first-order valence-electron chi connectivity index (χ1n) is 6.31. The van der Waals surface area contributed by atoms with Crippen LogP contribution >= 0.6 is 0 Å². The molecule has 0 bridgehead atoms. The number of nitrogens with two attached hydrogens (primary N) is 1. The summed E-state index contributed by atoms with van der Waals surface area (Å²) in [6.07, 6.45) is 0. The van der Waals surface area contributed by atoms with Crippen molar-refractivity contribution in [2.75, 3.05) is 39.0 Å². The van der Waals surface area contributed by atoms with E-state index in [-0.39, 0.29) is 23.2 Å². The van der Waals surface area contributed by atoms with Crippen LogP contribution in [0.2, 0.25) is 0 Å². The van der Waals surface area contributed by atoms with E-state index in [1.807, 2.05) is 7.05 Å². The fraction of sp³-hybridized carbons (Fsp3) is 0.385. The number of likely N-dealkylation sites (N-methyl/N-ethyl adjacent to an activating group) is 1. The molecule has 0 aliphatic carbocycles. The normalized spacial score (nSPS) is 16.0. The highest BCUT2D eigenvalue weighted by Gasteiger charge is 2.20. The number of hydrogen-bond donors (Lipinski definition) is 3. The van der Waals surface area contributed by atoms with E-state index < -0.39 is 5.82 Å². The maximum atomic E-state index is 13.7. The van der Waals surface area contributed by atoms with Crippen LogP contribution in [0.3, 0.4) is 0 Å². The molecule has 0 saturated carbocycles. The van der Waals surface area contributed by atoms with Gasteiger partial charge in [0, 0.05) is 31.9 Å². The van der Waals surface area contributed by atoms with Gasteiger partial charge in [-0.3, -0.25) is 10.8 Å². The molecule has 0 spiro atoms. The highest BCUT2D eigenvalue weighted by atomic mass is 19.1. The fourth-order valence-electron chi connectivity index (χ4n) is 1.94. The van der Waals surface area contributed by atoms with Gasteiger partial charge < -0.3 is 20.3 Å². The summed E-state index contributed by atoms with van der Waals surface area (Å²) in [5.41, 5.74) is 5.74. The number of nitrogen functional groups attached to an aromatic ring is 1. The van der Waals surface area contributed by atoms with Crippen LogP contribution in [0.4, 0.5) is 10.1 Å². The molecule has 0 atom stereocenters. The lowest BCUT2D eigenvalue weighted by atomic mass is 10.2. The molecular formula is C13H18FN5O. The smallest absolute Gasteiger partial charge is 0.291 e. The predicted octanol–water partition coefficient (Wildman–Crippen LogP) is 0.932. The number of benzene rings is 1. The summed E-state index contributed by atoms with van der Waals surface area (Å²) < 4.78 is 18.8. The van der Waals surface area contributed by atoms with E-state index in [0.29, 0.717) is 13.1 Å². The summed E-state index contributed by atoms with van der Waals surface area (Å²) in [5, 5.41) is 15.6. The average Bonchev–Trinajstić information content (AvgIpc) is 2.39. The Morgan fingerprint density at radius 1 is 1.25 bits per heavy atom. The topological polar surface area (TPSA) is 89.4 Å². The second-order valence-electron chi connectivity index (χ2n) is 4.77. The number of amidine groups is 1. The van der Waals surface area contributed by atoms with Crippen molar-refractivity contribution in [3.05, 3.63) is 29.6 Å². The van der Waals surface area contributed by atoms with Gasteiger partial charge in [-0.25, -0.2) is 4.39 Å². The van der Waals surface area contributed by atoms with Crippen LogP contribution in [0.1, 0.15) is 5.56 Å². The summed E-state index contributed by atoms with van der Waals surface area (Å²) >= 11 is 0. The third-order valence-corrected chi connectivity index (χ3v) is 3.23. The van der Waals surface area contributed by atoms with Crippen molar-refractivity contribution in [3.63, 3.8) is 0 Å². The third-order valence-electron chi connectivity index (χ3n) is 3.23. The summed E-state index contributed by atoms with van der Waals surface area (Å²) in [6, 6.07) is 3.88. The molecule has 0 amide bonds. The summed E-state index contributed by atoms with van der Waals surface area (Å²) in [6.45, 7) is 2.98. The molecule has 1 aliphatic heterocycles. The molecule has 1 aromatic rings. The zero-order valence-corrected chi connectivity index (χ0v) is 11.3. The van der Waals surface area contributed by atoms with Gasteiger partial charge in [0.05, 0.1) is 5.56 Å². The van der Waals surface area contributed by atoms with Crippen molar-refractivity contribution in [1.82, 2.24) is 9.80 Å². The van der Waals surface area contributed by atoms with Gasteiger partial charge in [-0.05, 0) is 25.2 Å². The molecule has 1 fully saturated rings. The first-order chi connectivity index (χ1) is 9.47. The van der Waals surface area contributed by atoms with E-state index in [1.165, 1.54) is 12.1 Å². The third kappa shape index (κ3) is 3.24. The number of hydrogen-bond acceptors (Lipinski definition) is 5. The number of halogens is 1. The first-order valence-corrected chi connectivity index (χ1v) is 6.31. The molecule has 1 aliphatic rings. The molecule has 4 N–H and O–H groups in total. The van der Waals surface area contributed by atoms with Gasteiger partial charge in [-0.2, -0.15) is 0 Å². The number of nitrogens with zero attached hydrogens (tertiary/aromatic N) is 2. The number of rotatable bonds is 1. The van der Waals surface area contributed by atoms with E-state index in [9.17, 15) is 4.39 Å². The molecule has 0 radical (unpaired) electrons. The molecule has 7 heteroatoms. The Kier molecular flexibility index (Phi) is 4.19. The van der Waals surface area contributed by atoms with E-state index in [0.717, 1.165) is 19.2 Å². The Bertz CT molecular complexity index is 525. The molecule has 108 valence electrons. The van der Waals surface area contributed by atoms with Gasteiger partial charge in [0.1, 0.15) is 5.82 Å². The molecule has 6 nitrogen and oxygen atoms in total. The van der Waals surface area contributed by atoms with Crippen LogP contribution < -0.4 is 5.73 Å². The Morgan fingerprint density at radius 3 is 2.50 bits per heavy atom. The molecule has 0 aromatic heterocycles. The van der Waals surface area contributed by atoms with Crippen molar-refractivity contribution < 1.29 is 9.13 Å². The summed E-state index contributed by atoms with van der Waals surface area (Å²) in [7, 11) is 2.01. The summed E-state index contributed by atoms with van der Waals surface area (Å²) in [5.74, 6) is -1.01. The highest BCUT2D eigenvalue weighted by molar-refractivity contribution is 5.99. The van der Waals surface area contributed by atoms with Crippen molar-refractivity contribution in [1.29, 1.82) is 10.8 Å². The number of nitrogens with one attached hydrogen (secondary N) is 2. The second-order valence-corrected chi connectivity index (χ2v) is 4.77. The van der Waals surface area contributed by atoms with E-state index >= 15 is 0 Å². The zero-order valence-electron chi connectivity index (χ0n) is 11.3. The number of ether oxygens (including phenoxy) is 1. The lowest BCUT2D eigenvalue weighted by molar-refractivity contribution is 0.193. The van der Waals surface area contributed by atoms with Gasteiger partial charge in [0.15, 0.2) is 0 Å². The maximum absolute atomic E-state index is 13.7. The molecule has 2 rings (SSSR count). The van der Waals surface area contributed by atoms with Crippen LogP contribution in [-0.2, 0) is 4.74 Å². The SMILES string of the molecule is CN1CCN(C(=N)OC(=N)c2ccc(N)cc2F)CC1. The van der Waals surface area contributed by atoms with E-state index in [4.69, 9.17) is 21.3 Å². The molecular weight excluding hydrogens is 261 g/mol. The Hall–Kier alpha value is -2.15. The number of piperazine rings is 1. The minimum Gasteiger partial charge on any atom is -0.407 e. The van der Waals surface area contributed by atoms with Crippen molar-refractivity contribution in [2.45, 2.75) is 0 Å². The van der Waals surface area contributed by atoms with Gasteiger partial charge >= 0.3 is 0 Å². The number of anilines is 1. The Labute approximate surface area is 116 Å². The van der Waals surface area contributed by atoms with Gasteiger partial charge in [0.25, 0.3) is 6.02 Å². The molecule has 1 saturated heterocycles. The lowest BCUT2D eigenvalue weighted by Crippen LogP contribution is -2.48. The van der Waals surface area contributed by atoms with Crippen LogP contribution in [-0.4, -0.2) is 54.9 Å². The highest BCUT2D eigenvalue weighted by Crippen LogP contribution is 2.13. The molecule has 1 heterocycles. The second kappa shape index (κ2) is 5.87. The van der Waals surface area contributed by atoms with Gasteiger partial charge in [-0.15, -0.1) is 0 Å². The zero-order chi connectivity index (χ0) is 14.7. The quantitative estimate of drug-likeness (QED) is 0.405. The van der Waals surface area contributed by atoms with Crippen LogP contribution in [0.15, 0.2) is 18.2 Å². The van der Waals surface area contributed by atoms with E-state index in [1.54, 1.807) is 4.90 Å². The minimum atomic E-state index is -0.624. The van der Waals surface area contributed by atoms with Crippen LogP contribution in [0.5, 0.6) is 0 Å². The predicted molar refractivity (Wildman–Crippen MR) is 75.5 cm³/mol. The van der Waals surface area contributed by atoms with Crippen LogP contribution in [0, 0.1) is 16.6 Å². The van der Waals surface area contributed by atoms with E-state index in [2.05, 4.69) is 4.90 Å². The van der Waals surface area contributed by atoms with Gasteiger partial charge in [-0.1, -0.05) is 0 Å². The Morgan fingerprint density at radius 2 is 1.90 bits per heavy atom. The van der Waals surface area contributed by atoms with Gasteiger partial charge in [0.2, 0.25) is 5.90 Å². The van der Waals surface area contributed by atoms with Crippen LogP contribution in [0.25, 0.3) is 0 Å². The standard InChI is InChI=1S/C13H18FN5O/c1-18-4-6-19(7-5-18)13(17)20-12(16)10-3-2-9(15)8-11(10)14/h2-3,8,16-17H,4-7,15H2,1H3. The van der Waals surface area contributed by atoms with Crippen molar-refractivity contribution in [3.8, 4) is 0 Å². The molecule has 1 aromatic carbocycles. The van der Waals surface area contributed by atoms with Crippen molar-refractivity contribution in [2.24, 2.45) is 0 Å². The average molecular weight is 279 g/mol. The molecule has 20 heavy (non-hydrogen) atoms. The Balaban J connectivity index is 1.99. The van der Waals surface area contributed by atoms with Crippen molar-refractivity contribution >= 4 is 17.6 Å². The molecule has 0 unspecified atom stereocenters. The fourth-order valence-corrected chi connectivity index (χ4v) is 1.94. The lowest BCUT2D eigenvalue weighted by Gasteiger charge is -2.33.